The Bertz CT molecular complexity index is 677. The molecule has 0 aliphatic carbocycles. The van der Waals surface area contributed by atoms with Crippen LogP contribution in [0.15, 0.2) is 42.5 Å². The lowest BCUT2D eigenvalue weighted by molar-refractivity contribution is 0.0467. The first-order valence-electron chi connectivity index (χ1n) is 5.71. The Morgan fingerprint density at radius 3 is 2.55 bits per heavy atom. The highest BCUT2D eigenvalue weighted by Crippen LogP contribution is 2.13. The van der Waals surface area contributed by atoms with Gasteiger partial charge in [0.2, 0.25) is 0 Å². The van der Waals surface area contributed by atoms with Gasteiger partial charge in [0.15, 0.2) is 0 Å². The van der Waals surface area contributed by atoms with Gasteiger partial charge in [-0.3, -0.25) is 0 Å². The van der Waals surface area contributed by atoms with Gasteiger partial charge >= 0.3 is 5.97 Å². The van der Waals surface area contributed by atoms with Crippen LogP contribution in [0.5, 0.6) is 0 Å². The van der Waals surface area contributed by atoms with Crippen molar-refractivity contribution in [1.82, 2.24) is 0 Å². The van der Waals surface area contributed by atoms with Gasteiger partial charge in [0.25, 0.3) is 0 Å². The minimum Gasteiger partial charge on any atom is -0.457 e. The summed E-state index contributed by atoms with van der Waals surface area (Å²) < 4.78 is 19.7. The Kier molecular flexibility index (Phi) is 4.69. The molecule has 100 valence electrons. The fraction of sp³-hybridized carbons (Fsp3) is 0.0667. The third-order valence-corrected chi connectivity index (χ3v) is 3.32. The minimum absolute atomic E-state index is 0.0786. The second-order valence-corrected chi connectivity index (χ2v) is 5.25. The standard InChI is InChI=1S/C15H9FINO2/c16-14-7-11(8-18)3-6-13(14)15(19)20-9-10-1-4-12(17)5-2-10/h1-7H,9H2. The molecule has 0 amide bonds. The first kappa shape index (κ1) is 14.5. The highest BCUT2D eigenvalue weighted by Gasteiger charge is 2.13. The molecule has 2 aromatic carbocycles. The van der Waals surface area contributed by atoms with Gasteiger partial charge in [0.1, 0.15) is 12.4 Å². The molecule has 0 unspecified atom stereocenters. The molecule has 0 radical (unpaired) electrons. The van der Waals surface area contributed by atoms with Crippen LogP contribution in [-0.2, 0) is 11.3 Å². The van der Waals surface area contributed by atoms with E-state index in [-0.39, 0.29) is 17.7 Å². The van der Waals surface area contributed by atoms with Crippen molar-refractivity contribution in [1.29, 1.82) is 5.26 Å². The smallest absolute Gasteiger partial charge is 0.341 e. The number of carbonyl (C=O) groups excluding carboxylic acids is 1. The van der Waals surface area contributed by atoms with Crippen molar-refractivity contribution in [3.05, 3.63) is 68.5 Å². The maximum atomic E-state index is 13.6. The highest BCUT2D eigenvalue weighted by atomic mass is 127. The molecule has 0 saturated carbocycles. The van der Waals surface area contributed by atoms with E-state index in [1.165, 1.54) is 12.1 Å². The summed E-state index contributed by atoms with van der Waals surface area (Å²) in [6.45, 7) is 0.0786. The van der Waals surface area contributed by atoms with E-state index in [0.717, 1.165) is 15.2 Å². The Labute approximate surface area is 129 Å². The van der Waals surface area contributed by atoms with Crippen LogP contribution in [0.25, 0.3) is 0 Å². The summed E-state index contributed by atoms with van der Waals surface area (Å²) in [6.07, 6.45) is 0. The lowest BCUT2D eigenvalue weighted by atomic mass is 10.1. The number of benzene rings is 2. The SMILES string of the molecule is N#Cc1ccc(C(=O)OCc2ccc(I)cc2)c(F)c1. The van der Waals surface area contributed by atoms with Crippen molar-refractivity contribution in [3.63, 3.8) is 0 Å². The quantitative estimate of drug-likeness (QED) is 0.603. The Morgan fingerprint density at radius 1 is 1.25 bits per heavy atom. The van der Waals surface area contributed by atoms with Crippen molar-refractivity contribution in [2.24, 2.45) is 0 Å². The molecule has 0 fully saturated rings. The van der Waals surface area contributed by atoms with Gasteiger partial charge in [0.05, 0.1) is 17.2 Å². The summed E-state index contributed by atoms with van der Waals surface area (Å²) in [5.74, 6) is -1.50. The highest BCUT2D eigenvalue weighted by molar-refractivity contribution is 14.1. The zero-order chi connectivity index (χ0) is 14.5. The molecule has 3 nitrogen and oxygen atoms in total. The van der Waals surface area contributed by atoms with E-state index in [0.29, 0.717) is 0 Å². The molecule has 0 aromatic heterocycles. The van der Waals surface area contributed by atoms with Gasteiger partial charge in [-0.25, -0.2) is 9.18 Å². The number of carbonyl (C=O) groups is 1. The van der Waals surface area contributed by atoms with Crippen LogP contribution in [0.3, 0.4) is 0 Å². The molecular weight excluding hydrogens is 372 g/mol. The number of nitrogens with zero attached hydrogens (tertiary/aromatic N) is 1. The molecule has 0 aliphatic rings. The third-order valence-electron chi connectivity index (χ3n) is 2.60. The summed E-state index contributed by atoms with van der Waals surface area (Å²) in [7, 11) is 0. The van der Waals surface area contributed by atoms with Crippen LogP contribution in [0.4, 0.5) is 4.39 Å². The number of halogens is 2. The molecule has 5 heteroatoms. The van der Waals surface area contributed by atoms with Crippen LogP contribution >= 0.6 is 22.6 Å². The van der Waals surface area contributed by atoms with Crippen molar-refractivity contribution < 1.29 is 13.9 Å². The second kappa shape index (κ2) is 6.48. The van der Waals surface area contributed by atoms with Crippen LogP contribution in [-0.4, -0.2) is 5.97 Å². The van der Waals surface area contributed by atoms with Crippen LogP contribution in [0, 0.1) is 20.7 Å². The van der Waals surface area contributed by atoms with Crippen LogP contribution in [0.2, 0.25) is 0 Å². The Morgan fingerprint density at radius 2 is 1.95 bits per heavy atom. The largest absolute Gasteiger partial charge is 0.457 e. The number of ether oxygens (including phenoxy) is 1. The predicted molar refractivity (Wildman–Crippen MR) is 79.4 cm³/mol. The van der Waals surface area contributed by atoms with Crippen molar-refractivity contribution in [2.45, 2.75) is 6.61 Å². The number of hydrogen-bond donors (Lipinski definition) is 0. The van der Waals surface area contributed by atoms with Gasteiger partial charge in [-0.15, -0.1) is 0 Å². The number of esters is 1. The fourth-order valence-corrected chi connectivity index (χ4v) is 1.92. The van der Waals surface area contributed by atoms with E-state index < -0.39 is 11.8 Å². The lowest BCUT2D eigenvalue weighted by Gasteiger charge is -2.06. The maximum Gasteiger partial charge on any atom is 0.341 e. The number of rotatable bonds is 3. The molecule has 0 aliphatic heterocycles. The predicted octanol–water partition coefficient (Wildman–Crippen LogP) is 3.66. The van der Waals surface area contributed by atoms with Gasteiger partial charge < -0.3 is 4.74 Å². The van der Waals surface area contributed by atoms with Gasteiger partial charge in [-0.05, 0) is 58.5 Å². The van der Waals surface area contributed by atoms with E-state index in [9.17, 15) is 9.18 Å². The summed E-state index contributed by atoms with van der Waals surface area (Å²) in [5, 5.41) is 8.63. The summed E-state index contributed by atoms with van der Waals surface area (Å²) in [4.78, 5) is 11.8. The lowest BCUT2D eigenvalue weighted by Crippen LogP contribution is -2.07. The number of hydrogen-bond acceptors (Lipinski definition) is 3. The summed E-state index contributed by atoms with van der Waals surface area (Å²) >= 11 is 2.17. The monoisotopic (exact) mass is 381 g/mol. The normalized spacial score (nSPS) is 9.85. The topological polar surface area (TPSA) is 50.1 Å². The fourth-order valence-electron chi connectivity index (χ4n) is 1.56. The van der Waals surface area contributed by atoms with Crippen molar-refractivity contribution >= 4 is 28.6 Å². The van der Waals surface area contributed by atoms with Crippen molar-refractivity contribution in [2.75, 3.05) is 0 Å². The Balaban J connectivity index is 2.05. The minimum atomic E-state index is -0.753. The summed E-state index contributed by atoms with van der Waals surface area (Å²) in [5.41, 5.74) is 0.819. The third kappa shape index (κ3) is 3.54. The average molecular weight is 381 g/mol. The molecular formula is C15H9FINO2. The molecule has 0 atom stereocenters. The van der Waals surface area contributed by atoms with Gasteiger partial charge in [-0.2, -0.15) is 5.26 Å². The first-order valence-corrected chi connectivity index (χ1v) is 6.79. The Hall–Kier alpha value is -1.94. The molecule has 0 spiro atoms. The van der Waals surface area contributed by atoms with E-state index in [1.807, 2.05) is 24.3 Å². The molecule has 20 heavy (non-hydrogen) atoms. The van der Waals surface area contributed by atoms with Crippen molar-refractivity contribution in [3.8, 4) is 6.07 Å². The van der Waals surface area contributed by atoms with E-state index in [2.05, 4.69) is 22.6 Å². The van der Waals surface area contributed by atoms with Gasteiger partial charge in [0, 0.05) is 3.57 Å². The maximum absolute atomic E-state index is 13.6. The van der Waals surface area contributed by atoms with E-state index >= 15 is 0 Å². The zero-order valence-electron chi connectivity index (χ0n) is 10.3. The first-order chi connectivity index (χ1) is 9.60. The number of nitriles is 1. The second-order valence-electron chi connectivity index (χ2n) is 4.01. The molecule has 0 heterocycles. The average Bonchev–Trinajstić information content (AvgIpc) is 2.46. The zero-order valence-corrected chi connectivity index (χ0v) is 12.4. The molecule has 2 aromatic rings. The molecule has 0 saturated heterocycles. The summed E-state index contributed by atoms with van der Waals surface area (Å²) in [6, 6.07) is 12.9. The molecule has 0 N–H and O–H groups in total. The van der Waals surface area contributed by atoms with E-state index in [1.54, 1.807) is 6.07 Å². The van der Waals surface area contributed by atoms with E-state index in [4.69, 9.17) is 10.00 Å². The molecule has 2 rings (SSSR count). The van der Waals surface area contributed by atoms with Gasteiger partial charge in [-0.1, -0.05) is 12.1 Å². The van der Waals surface area contributed by atoms with Crippen LogP contribution in [0.1, 0.15) is 21.5 Å². The molecule has 0 bridgehead atoms. The van der Waals surface area contributed by atoms with Crippen LogP contribution < -0.4 is 0 Å².